The number of nitrogen functional groups attached to an aromatic ring is 1. The summed E-state index contributed by atoms with van der Waals surface area (Å²) in [5.41, 5.74) is 8.31. The van der Waals surface area contributed by atoms with E-state index >= 15 is 0 Å². The van der Waals surface area contributed by atoms with E-state index in [1.807, 2.05) is 13.0 Å². The van der Waals surface area contributed by atoms with Crippen LogP contribution in [0.2, 0.25) is 0 Å². The van der Waals surface area contributed by atoms with Crippen LogP contribution >= 0.6 is 0 Å². The van der Waals surface area contributed by atoms with Crippen molar-refractivity contribution >= 4 is 11.6 Å². The van der Waals surface area contributed by atoms with E-state index in [1.165, 1.54) is 5.56 Å². The van der Waals surface area contributed by atoms with Gasteiger partial charge in [0.15, 0.2) is 0 Å². The Balaban J connectivity index is 2.12. The summed E-state index contributed by atoms with van der Waals surface area (Å²) in [6, 6.07) is 10.5. The number of anilines is 2. The highest BCUT2D eigenvalue weighted by molar-refractivity contribution is 5.56. The molecule has 2 N–H and O–H groups in total. The number of hydrogen-bond donors (Lipinski definition) is 1. The zero-order chi connectivity index (χ0) is 15.2. The number of aromatic nitrogens is 2. The quantitative estimate of drug-likeness (QED) is 0.886. The van der Waals surface area contributed by atoms with Crippen molar-refractivity contribution in [2.75, 3.05) is 24.2 Å². The summed E-state index contributed by atoms with van der Waals surface area (Å²) in [6.07, 6.45) is 2.88. The summed E-state index contributed by atoms with van der Waals surface area (Å²) >= 11 is 0. The van der Waals surface area contributed by atoms with Gasteiger partial charge in [0, 0.05) is 25.6 Å². The molecule has 0 amide bonds. The van der Waals surface area contributed by atoms with Crippen LogP contribution in [0.3, 0.4) is 0 Å². The van der Waals surface area contributed by atoms with Crippen molar-refractivity contribution in [1.82, 2.24) is 9.97 Å². The Morgan fingerprint density at radius 2 is 1.81 bits per heavy atom. The molecule has 0 radical (unpaired) electrons. The van der Waals surface area contributed by atoms with Crippen molar-refractivity contribution < 1.29 is 0 Å². The minimum absolute atomic E-state index is 0.593. The molecule has 0 saturated heterocycles. The van der Waals surface area contributed by atoms with Crippen molar-refractivity contribution in [3.05, 3.63) is 47.3 Å². The van der Waals surface area contributed by atoms with E-state index in [9.17, 15) is 0 Å². The highest BCUT2D eigenvalue weighted by atomic mass is 15.2. The van der Waals surface area contributed by atoms with Crippen LogP contribution in [-0.2, 0) is 12.8 Å². The van der Waals surface area contributed by atoms with Gasteiger partial charge in [-0.05, 0) is 25.3 Å². The lowest BCUT2D eigenvalue weighted by molar-refractivity contribution is 0.802. The van der Waals surface area contributed by atoms with Crippen LogP contribution in [0.25, 0.3) is 0 Å². The lowest BCUT2D eigenvalue weighted by Crippen LogP contribution is -2.24. The molecule has 0 bridgehead atoms. The highest BCUT2D eigenvalue weighted by Crippen LogP contribution is 2.21. The summed E-state index contributed by atoms with van der Waals surface area (Å²) in [4.78, 5) is 11.2. The molecular formula is C17H24N4. The molecule has 1 aromatic heterocycles. The Bertz CT molecular complexity index is 581. The standard InChI is InChI=1S/C17H24N4/c1-4-8-15-19-16(18)13(2)17(20-15)21(3)12-11-14-9-6-5-7-10-14/h5-7,9-10H,4,8,11-12H2,1-3H3,(H2,18,19,20). The van der Waals surface area contributed by atoms with Crippen molar-refractivity contribution in [1.29, 1.82) is 0 Å². The van der Waals surface area contributed by atoms with Crippen LogP contribution in [0.1, 0.15) is 30.3 Å². The fraction of sp³-hybridized carbons (Fsp3) is 0.412. The van der Waals surface area contributed by atoms with Gasteiger partial charge in [-0.3, -0.25) is 0 Å². The highest BCUT2D eigenvalue weighted by Gasteiger charge is 2.12. The van der Waals surface area contributed by atoms with Crippen LogP contribution in [-0.4, -0.2) is 23.6 Å². The number of nitrogens with two attached hydrogens (primary N) is 1. The van der Waals surface area contributed by atoms with Crippen LogP contribution in [0, 0.1) is 6.92 Å². The number of benzene rings is 1. The predicted molar refractivity (Wildman–Crippen MR) is 88.6 cm³/mol. The second kappa shape index (κ2) is 7.07. The fourth-order valence-corrected chi connectivity index (χ4v) is 2.32. The summed E-state index contributed by atoms with van der Waals surface area (Å²) in [6.45, 7) is 5.02. The number of aryl methyl sites for hydroxylation is 1. The average Bonchev–Trinajstić information content (AvgIpc) is 2.49. The van der Waals surface area contributed by atoms with E-state index in [-0.39, 0.29) is 0 Å². The smallest absolute Gasteiger partial charge is 0.137 e. The van der Waals surface area contributed by atoms with Crippen molar-refractivity contribution in [2.45, 2.75) is 33.1 Å². The van der Waals surface area contributed by atoms with Crippen molar-refractivity contribution in [2.24, 2.45) is 0 Å². The second-order valence-corrected chi connectivity index (χ2v) is 5.38. The minimum Gasteiger partial charge on any atom is -0.383 e. The summed E-state index contributed by atoms with van der Waals surface area (Å²) in [7, 11) is 2.06. The molecule has 0 aliphatic carbocycles. The molecule has 1 heterocycles. The largest absolute Gasteiger partial charge is 0.383 e. The van der Waals surface area contributed by atoms with E-state index in [0.29, 0.717) is 5.82 Å². The van der Waals surface area contributed by atoms with Crippen molar-refractivity contribution in [3.63, 3.8) is 0 Å². The lowest BCUT2D eigenvalue weighted by Gasteiger charge is -2.21. The van der Waals surface area contributed by atoms with E-state index in [4.69, 9.17) is 5.73 Å². The first-order chi connectivity index (χ1) is 10.1. The Hall–Kier alpha value is -2.10. The third-order valence-corrected chi connectivity index (χ3v) is 3.62. The molecule has 0 aliphatic heterocycles. The Morgan fingerprint density at radius 3 is 2.48 bits per heavy atom. The zero-order valence-electron chi connectivity index (χ0n) is 13.1. The Kier molecular flexibility index (Phi) is 5.14. The number of hydrogen-bond acceptors (Lipinski definition) is 4. The summed E-state index contributed by atoms with van der Waals surface area (Å²) < 4.78 is 0. The molecule has 112 valence electrons. The van der Waals surface area contributed by atoms with Crippen LogP contribution in [0.5, 0.6) is 0 Å². The fourth-order valence-electron chi connectivity index (χ4n) is 2.32. The van der Waals surface area contributed by atoms with E-state index in [1.54, 1.807) is 0 Å². The van der Waals surface area contributed by atoms with Gasteiger partial charge in [-0.1, -0.05) is 37.3 Å². The first kappa shape index (κ1) is 15.3. The molecule has 21 heavy (non-hydrogen) atoms. The monoisotopic (exact) mass is 284 g/mol. The van der Waals surface area contributed by atoms with Gasteiger partial charge in [-0.25, -0.2) is 9.97 Å². The number of likely N-dealkylation sites (N-methyl/N-ethyl adjacent to an activating group) is 1. The Labute approximate surface area is 127 Å². The van der Waals surface area contributed by atoms with E-state index in [2.05, 4.69) is 53.1 Å². The second-order valence-electron chi connectivity index (χ2n) is 5.38. The van der Waals surface area contributed by atoms with Crippen LogP contribution in [0.4, 0.5) is 11.6 Å². The first-order valence-corrected chi connectivity index (χ1v) is 7.50. The average molecular weight is 284 g/mol. The maximum atomic E-state index is 6.02. The molecule has 0 spiro atoms. The van der Waals surface area contributed by atoms with Crippen LogP contribution < -0.4 is 10.6 Å². The zero-order valence-corrected chi connectivity index (χ0v) is 13.1. The number of rotatable bonds is 6. The van der Waals surface area contributed by atoms with Gasteiger partial charge in [-0.15, -0.1) is 0 Å². The van der Waals surface area contributed by atoms with Gasteiger partial charge in [-0.2, -0.15) is 0 Å². The summed E-state index contributed by atoms with van der Waals surface area (Å²) in [5.74, 6) is 2.37. The van der Waals surface area contributed by atoms with Gasteiger partial charge in [0.05, 0.1) is 0 Å². The maximum Gasteiger partial charge on any atom is 0.137 e. The maximum absolute atomic E-state index is 6.02. The molecule has 4 heteroatoms. The molecule has 0 fully saturated rings. The molecule has 0 unspecified atom stereocenters. The van der Waals surface area contributed by atoms with Crippen molar-refractivity contribution in [3.8, 4) is 0 Å². The predicted octanol–water partition coefficient (Wildman–Crippen LogP) is 3.00. The molecule has 1 aromatic carbocycles. The molecule has 2 aromatic rings. The number of nitrogens with zero attached hydrogens (tertiary/aromatic N) is 3. The molecule has 0 saturated carbocycles. The SMILES string of the molecule is CCCc1nc(N)c(C)c(N(C)CCc2ccccc2)n1. The lowest BCUT2D eigenvalue weighted by atomic mass is 10.1. The van der Waals surface area contributed by atoms with Gasteiger partial charge >= 0.3 is 0 Å². The minimum atomic E-state index is 0.593. The van der Waals surface area contributed by atoms with Crippen LogP contribution in [0.15, 0.2) is 30.3 Å². The normalized spacial score (nSPS) is 10.6. The van der Waals surface area contributed by atoms with E-state index in [0.717, 1.165) is 43.0 Å². The molecule has 0 aliphatic rings. The molecule has 4 nitrogen and oxygen atoms in total. The first-order valence-electron chi connectivity index (χ1n) is 7.50. The molecule has 2 rings (SSSR count). The third kappa shape index (κ3) is 3.94. The third-order valence-electron chi connectivity index (χ3n) is 3.62. The molecule has 0 atom stereocenters. The van der Waals surface area contributed by atoms with Gasteiger partial charge in [0.2, 0.25) is 0 Å². The van der Waals surface area contributed by atoms with Gasteiger partial charge in [0.25, 0.3) is 0 Å². The summed E-state index contributed by atoms with van der Waals surface area (Å²) in [5, 5.41) is 0. The Morgan fingerprint density at radius 1 is 1.10 bits per heavy atom. The topological polar surface area (TPSA) is 55.0 Å². The van der Waals surface area contributed by atoms with Gasteiger partial charge < -0.3 is 10.6 Å². The molecular weight excluding hydrogens is 260 g/mol. The van der Waals surface area contributed by atoms with Gasteiger partial charge in [0.1, 0.15) is 17.5 Å². The van der Waals surface area contributed by atoms with E-state index < -0.39 is 0 Å².